The third-order valence-corrected chi connectivity index (χ3v) is 3.34. The lowest BCUT2D eigenvalue weighted by atomic mass is 10.1. The molecule has 1 heterocycles. The smallest absolute Gasteiger partial charge is 0.142 e. The van der Waals surface area contributed by atoms with Crippen LogP contribution in [0.3, 0.4) is 0 Å². The van der Waals surface area contributed by atoms with E-state index in [-0.39, 0.29) is 11.7 Å². The second-order valence-electron chi connectivity index (χ2n) is 3.87. The summed E-state index contributed by atoms with van der Waals surface area (Å²) in [6.07, 6.45) is 0.469. The largest absolute Gasteiger partial charge is 0.299 e. The number of hydrogen-bond donors (Lipinski definition) is 0. The number of hydrogen-bond acceptors (Lipinski definition) is 3. The summed E-state index contributed by atoms with van der Waals surface area (Å²) in [5, 5.41) is 0.926. The van der Waals surface area contributed by atoms with Gasteiger partial charge in [0.2, 0.25) is 0 Å². The molecule has 0 saturated heterocycles. The van der Waals surface area contributed by atoms with Crippen LogP contribution in [0.5, 0.6) is 0 Å². The summed E-state index contributed by atoms with van der Waals surface area (Å²) < 4.78 is 1.16. The second kappa shape index (κ2) is 4.11. The molecule has 0 spiro atoms. The fraction of sp³-hybridized carbons (Fsp3) is 0.333. The average Bonchev–Trinajstić information content (AvgIpc) is 2.59. The number of thiazole rings is 1. The van der Waals surface area contributed by atoms with E-state index in [1.54, 1.807) is 11.3 Å². The lowest BCUT2D eigenvalue weighted by Gasteiger charge is -1.99. The van der Waals surface area contributed by atoms with Gasteiger partial charge in [0.15, 0.2) is 0 Å². The molecule has 2 aromatic rings. The topological polar surface area (TPSA) is 30.0 Å². The Morgan fingerprint density at radius 2 is 2.13 bits per heavy atom. The lowest BCUT2D eigenvalue weighted by molar-refractivity contribution is -0.121. The van der Waals surface area contributed by atoms with Gasteiger partial charge < -0.3 is 0 Å². The Bertz CT molecular complexity index is 454. The number of benzene rings is 1. The van der Waals surface area contributed by atoms with Gasteiger partial charge in [-0.25, -0.2) is 4.98 Å². The van der Waals surface area contributed by atoms with Crippen LogP contribution in [0.2, 0.25) is 0 Å². The molecule has 3 heteroatoms. The van der Waals surface area contributed by atoms with E-state index in [9.17, 15) is 4.79 Å². The van der Waals surface area contributed by atoms with Crippen LogP contribution < -0.4 is 0 Å². The van der Waals surface area contributed by atoms with E-state index < -0.39 is 0 Å². The molecule has 0 saturated carbocycles. The van der Waals surface area contributed by atoms with E-state index in [0.29, 0.717) is 6.42 Å². The first kappa shape index (κ1) is 10.3. The highest BCUT2D eigenvalue weighted by molar-refractivity contribution is 7.18. The first-order valence-corrected chi connectivity index (χ1v) is 5.85. The van der Waals surface area contributed by atoms with Crippen molar-refractivity contribution in [2.45, 2.75) is 20.3 Å². The van der Waals surface area contributed by atoms with E-state index in [2.05, 4.69) is 4.98 Å². The van der Waals surface area contributed by atoms with E-state index in [1.165, 1.54) is 0 Å². The van der Waals surface area contributed by atoms with Gasteiger partial charge in [-0.05, 0) is 12.1 Å². The van der Waals surface area contributed by atoms with Crippen LogP contribution in [0.15, 0.2) is 24.3 Å². The molecule has 78 valence electrons. The van der Waals surface area contributed by atoms with Crippen molar-refractivity contribution < 1.29 is 4.79 Å². The van der Waals surface area contributed by atoms with E-state index in [0.717, 1.165) is 15.2 Å². The second-order valence-corrected chi connectivity index (χ2v) is 4.99. The predicted molar refractivity (Wildman–Crippen MR) is 63.2 cm³/mol. The number of carbonyl (C=O) groups excluding carboxylic acids is 1. The molecule has 15 heavy (non-hydrogen) atoms. The number of nitrogens with zero attached hydrogens (tertiary/aromatic N) is 1. The van der Waals surface area contributed by atoms with Crippen LogP contribution in [0.25, 0.3) is 10.2 Å². The van der Waals surface area contributed by atoms with Gasteiger partial charge in [0, 0.05) is 5.92 Å². The minimum Gasteiger partial charge on any atom is -0.299 e. The van der Waals surface area contributed by atoms with Crippen molar-refractivity contribution in [3.05, 3.63) is 29.3 Å². The zero-order chi connectivity index (χ0) is 10.8. The molecule has 0 unspecified atom stereocenters. The molecule has 0 fully saturated rings. The van der Waals surface area contributed by atoms with E-state index in [1.807, 2.05) is 38.1 Å². The molecule has 0 aliphatic heterocycles. The van der Waals surface area contributed by atoms with Gasteiger partial charge in [-0.1, -0.05) is 26.0 Å². The zero-order valence-corrected chi connectivity index (χ0v) is 9.67. The quantitative estimate of drug-likeness (QED) is 0.794. The molecule has 0 aliphatic rings. The van der Waals surface area contributed by atoms with Crippen molar-refractivity contribution in [1.82, 2.24) is 4.98 Å². The molecular formula is C12H13NOS. The SMILES string of the molecule is CC(C)C(=O)Cc1nc2ccccc2s1. The van der Waals surface area contributed by atoms with Gasteiger partial charge in [-0.3, -0.25) is 4.79 Å². The van der Waals surface area contributed by atoms with Crippen molar-refractivity contribution in [2.75, 3.05) is 0 Å². The van der Waals surface area contributed by atoms with Crippen LogP contribution in [0.4, 0.5) is 0 Å². The van der Waals surface area contributed by atoms with Crippen LogP contribution in [0.1, 0.15) is 18.9 Å². The van der Waals surface area contributed by atoms with Crippen molar-refractivity contribution in [1.29, 1.82) is 0 Å². The van der Waals surface area contributed by atoms with Gasteiger partial charge in [0.05, 0.1) is 16.6 Å². The third-order valence-electron chi connectivity index (χ3n) is 2.31. The summed E-state index contributed by atoms with van der Waals surface area (Å²) >= 11 is 1.61. The van der Waals surface area contributed by atoms with Crippen LogP contribution in [-0.4, -0.2) is 10.8 Å². The maximum absolute atomic E-state index is 11.6. The van der Waals surface area contributed by atoms with Gasteiger partial charge in [0.1, 0.15) is 10.8 Å². The third kappa shape index (κ3) is 2.23. The molecule has 1 aromatic carbocycles. The summed E-state index contributed by atoms with van der Waals surface area (Å²) in [6, 6.07) is 7.98. The molecule has 2 nitrogen and oxygen atoms in total. The highest BCUT2D eigenvalue weighted by Gasteiger charge is 2.11. The fourth-order valence-corrected chi connectivity index (χ4v) is 2.33. The molecular weight excluding hydrogens is 206 g/mol. The maximum atomic E-state index is 11.6. The van der Waals surface area contributed by atoms with Crippen molar-refractivity contribution >= 4 is 27.3 Å². The maximum Gasteiger partial charge on any atom is 0.142 e. The Balaban J connectivity index is 2.26. The number of carbonyl (C=O) groups is 1. The molecule has 0 radical (unpaired) electrons. The summed E-state index contributed by atoms with van der Waals surface area (Å²) in [4.78, 5) is 16.0. The van der Waals surface area contributed by atoms with Crippen molar-refractivity contribution in [3.63, 3.8) is 0 Å². The monoisotopic (exact) mass is 219 g/mol. The van der Waals surface area contributed by atoms with Crippen molar-refractivity contribution in [3.8, 4) is 0 Å². The highest BCUT2D eigenvalue weighted by atomic mass is 32.1. The summed E-state index contributed by atoms with van der Waals surface area (Å²) in [5.74, 6) is 0.353. The summed E-state index contributed by atoms with van der Waals surface area (Å²) in [7, 11) is 0. The number of fused-ring (bicyclic) bond motifs is 1. The molecule has 0 atom stereocenters. The number of aromatic nitrogens is 1. The minimum absolute atomic E-state index is 0.0945. The Labute approximate surface area is 93.0 Å². The van der Waals surface area contributed by atoms with Gasteiger partial charge >= 0.3 is 0 Å². The Kier molecular flexibility index (Phi) is 2.82. The normalized spacial score (nSPS) is 11.1. The molecule has 2 rings (SSSR count). The Morgan fingerprint density at radius 3 is 2.80 bits per heavy atom. The average molecular weight is 219 g/mol. The molecule has 0 bridgehead atoms. The van der Waals surface area contributed by atoms with Crippen LogP contribution in [-0.2, 0) is 11.2 Å². The lowest BCUT2D eigenvalue weighted by Crippen LogP contribution is -2.09. The van der Waals surface area contributed by atoms with Gasteiger partial charge in [-0.15, -0.1) is 11.3 Å². The zero-order valence-electron chi connectivity index (χ0n) is 8.86. The first-order valence-electron chi connectivity index (χ1n) is 5.04. The molecule has 1 aromatic heterocycles. The van der Waals surface area contributed by atoms with Gasteiger partial charge in [0.25, 0.3) is 0 Å². The number of rotatable bonds is 3. The Morgan fingerprint density at radius 1 is 1.40 bits per heavy atom. The van der Waals surface area contributed by atoms with E-state index in [4.69, 9.17) is 0 Å². The number of para-hydroxylation sites is 1. The first-order chi connectivity index (χ1) is 7.16. The van der Waals surface area contributed by atoms with Crippen LogP contribution >= 0.6 is 11.3 Å². The van der Waals surface area contributed by atoms with E-state index >= 15 is 0 Å². The molecule has 0 aliphatic carbocycles. The summed E-state index contributed by atoms with van der Waals surface area (Å²) in [6.45, 7) is 3.85. The standard InChI is InChI=1S/C12H13NOS/c1-8(2)10(14)7-12-13-9-5-3-4-6-11(9)15-12/h3-6,8H,7H2,1-2H3. The Hall–Kier alpha value is -1.22. The number of Topliss-reactive ketones (excluding diaryl/α,β-unsaturated/α-hetero) is 1. The van der Waals surface area contributed by atoms with Crippen LogP contribution in [0, 0.1) is 5.92 Å². The molecule has 0 N–H and O–H groups in total. The predicted octanol–water partition coefficient (Wildman–Crippen LogP) is 3.06. The number of ketones is 1. The summed E-state index contributed by atoms with van der Waals surface area (Å²) in [5.41, 5.74) is 0.994. The van der Waals surface area contributed by atoms with Crippen molar-refractivity contribution in [2.24, 2.45) is 5.92 Å². The minimum atomic E-state index is 0.0945. The highest BCUT2D eigenvalue weighted by Crippen LogP contribution is 2.22. The van der Waals surface area contributed by atoms with Gasteiger partial charge in [-0.2, -0.15) is 0 Å². The fourth-order valence-electron chi connectivity index (χ4n) is 1.35. The molecule has 0 amide bonds.